The van der Waals surface area contributed by atoms with Crippen molar-refractivity contribution in [1.29, 1.82) is 0 Å². The number of piperidine rings is 1. The van der Waals surface area contributed by atoms with Crippen molar-refractivity contribution in [2.75, 3.05) is 19.3 Å². The first-order chi connectivity index (χ1) is 13.4. The van der Waals surface area contributed by atoms with E-state index in [0.717, 1.165) is 30.7 Å². The van der Waals surface area contributed by atoms with Crippen LogP contribution in [0.25, 0.3) is 0 Å². The second-order valence-corrected chi connectivity index (χ2v) is 11.8. The summed E-state index contributed by atoms with van der Waals surface area (Å²) in [5.41, 5.74) is 2.87. The maximum atomic E-state index is 11.8. The molecule has 1 spiro atoms. The molecule has 4 aliphatic rings. The highest BCUT2D eigenvalue weighted by molar-refractivity contribution is 7.88. The van der Waals surface area contributed by atoms with Crippen molar-refractivity contribution in [2.24, 2.45) is 11.8 Å². The van der Waals surface area contributed by atoms with Crippen molar-refractivity contribution in [3.05, 3.63) is 35.4 Å². The van der Waals surface area contributed by atoms with Gasteiger partial charge in [0.2, 0.25) is 10.0 Å². The highest BCUT2D eigenvalue weighted by Crippen LogP contribution is 2.50. The molecule has 3 fully saturated rings. The quantitative estimate of drug-likeness (QED) is 0.832. The molecule has 1 unspecified atom stereocenters. The first-order valence-electron chi connectivity index (χ1n) is 11.2. The molecule has 2 saturated carbocycles. The summed E-state index contributed by atoms with van der Waals surface area (Å²) in [5.74, 6) is 2.00. The molecular formula is C23H34N2O2S. The number of hydrogen-bond donors (Lipinski definition) is 1. The lowest BCUT2D eigenvalue weighted by Crippen LogP contribution is -2.50. The number of hydrogen-bond acceptors (Lipinski definition) is 3. The average Bonchev–Trinajstić information content (AvgIpc) is 3.02. The topological polar surface area (TPSA) is 49.4 Å². The van der Waals surface area contributed by atoms with E-state index in [0.29, 0.717) is 0 Å². The molecule has 1 heterocycles. The van der Waals surface area contributed by atoms with Crippen molar-refractivity contribution < 1.29 is 8.42 Å². The monoisotopic (exact) mass is 402 g/mol. The maximum Gasteiger partial charge on any atom is 0.209 e. The van der Waals surface area contributed by atoms with Gasteiger partial charge < -0.3 is 4.90 Å². The van der Waals surface area contributed by atoms with Gasteiger partial charge >= 0.3 is 0 Å². The Balaban J connectivity index is 1.33. The fourth-order valence-electron chi connectivity index (χ4n) is 6.98. The van der Waals surface area contributed by atoms with E-state index in [1.807, 2.05) is 0 Å². The van der Waals surface area contributed by atoms with Crippen LogP contribution < -0.4 is 4.72 Å². The number of nitrogens with zero attached hydrogens (tertiary/aromatic N) is 1. The molecule has 1 saturated heterocycles. The molecule has 0 radical (unpaired) electrons. The molecule has 0 amide bonds. The van der Waals surface area contributed by atoms with Gasteiger partial charge in [0.05, 0.1) is 6.26 Å². The van der Waals surface area contributed by atoms with Crippen LogP contribution in [0.15, 0.2) is 24.3 Å². The summed E-state index contributed by atoms with van der Waals surface area (Å²) in [6.45, 7) is 2.42. The fourth-order valence-corrected chi connectivity index (χ4v) is 7.74. The molecule has 1 aromatic rings. The minimum absolute atomic E-state index is 0.0659. The van der Waals surface area contributed by atoms with E-state index >= 15 is 0 Å². The number of likely N-dealkylation sites (tertiary alicyclic amines) is 1. The van der Waals surface area contributed by atoms with Crippen molar-refractivity contribution in [1.82, 2.24) is 9.62 Å². The third-order valence-corrected chi connectivity index (χ3v) is 9.02. The number of sulfonamides is 1. The van der Waals surface area contributed by atoms with Gasteiger partial charge in [-0.25, -0.2) is 13.1 Å². The van der Waals surface area contributed by atoms with Crippen molar-refractivity contribution in [3.8, 4) is 0 Å². The third kappa shape index (κ3) is 3.54. The van der Waals surface area contributed by atoms with E-state index in [2.05, 4.69) is 33.9 Å². The average molecular weight is 403 g/mol. The van der Waals surface area contributed by atoms with Gasteiger partial charge in [0.1, 0.15) is 0 Å². The number of nitrogens with one attached hydrogen (secondary N) is 1. The second kappa shape index (κ2) is 7.10. The Hall–Kier alpha value is -0.910. The van der Waals surface area contributed by atoms with Crippen molar-refractivity contribution in [2.45, 2.75) is 75.3 Å². The Morgan fingerprint density at radius 3 is 2.32 bits per heavy atom. The van der Waals surface area contributed by atoms with Gasteiger partial charge in [-0.05, 0) is 86.4 Å². The van der Waals surface area contributed by atoms with Gasteiger partial charge in [-0.15, -0.1) is 0 Å². The fraction of sp³-hybridized carbons (Fsp3) is 0.739. The van der Waals surface area contributed by atoms with Gasteiger partial charge in [-0.1, -0.05) is 37.1 Å². The summed E-state index contributed by atoms with van der Waals surface area (Å²) in [6.07, 6.45) is 13.0. The van der Waals surface area contributed by atoms with Crippen LogP contribution in [0.3, 0.4) is 0 Å². The molecule has 1 N–H and O–H groups in total. The number of benzene rings is 1. The van der Waals surface area contributed by atoms with E-state index in [1.54, 1.807) is 0 Å². The van der Waals surface area contributed by atoms with Crippen LogP contribution in [0.5, 0.6) is 0 Å². The molecule has 4 atom stereocenters. The van der Waals surface area contributed by atoms with Gasteiger partial charge in [0.15, 0.2) is 0 Å². The molecular weight excluding hydrogens is 368 g/mol. The standard InChI is InChI=1S/C23H34N2O2S/c1-28(26,27)24-22-8-9-23(21-5-3-2-4-20(21)22)10-12-25(13-11-23)19-15-17-6-7-18(14-17)16-19/h2-5,17-19,22,24H,6-16H2,1H3/t17-,18?,19-,22+/m1/s1. The van der Waals surface area contributed by atoms with E-state index < -0.39 is 10.0 Å². The lowest BCUT2D eigenvalue weighted by Gasteiger charge is -2.49. The van der Waals surface area contributed by atoms with E-state index in [1.165, 1.54) is 75.4 Å². The molecule has 3 aliphatic carbocycles. The Kier molecular flexibility index (Phi) is 4.84. The SMILES string of the molecule is CS(=O)(=O)N[C@H]1CCC2(CCN([C@H]3CC4CC[C@H](C4)C3)CC2)c2ccccc21. The van der Waals surface area contributed by atoms with Crippen molar-refractivity contribution >= 4 is 10.0 Å². The van der Waals surface area contributed by atoms with Crippen LogP contribution in [0, 0.1) is 11.8 Å². The van der Waals surface area contributed by atoms with E-state index in [-0.39, 0.29) is 11.5 Å². The van der Waals surface area contributed by atoms with Crippen molar-refractivity contribution in [3.63, 3.8) is 0 Å². The molecule has 5 heteroatoms. The zero-order valence-corrected chi connectivity index (χ0v) is 17.9. The van der Waals surface area contributed by atoms with Crippen LogP contribution >= 0.6 is 0 Å². The molecule has 0 aromatic heterocycles. The largest absolute Gasteiger partial charge is 0.300 e. The molecule has 1 aliphatic heterocycles. The molecule has 154 valence electrons. The van der Waals surface area contributed by atoms with Gasteiger partial charge in [-0.3, -0.25) is 0 Å². The molecule has 5 rings (SSSR count). The maximum absolute atomic E-state index is 11.8. The summed E-state index contributed by atoms with van der Waals surface area (Å²) in [5, 5.41) is 0. The molecule has 1 aromatic carbocycles. The first-order valence-corrected chi connectivity index (χ1v) is 13.1. The summed E-state index contributed by atoms with van der Waals surface area (Å²) in [4.78, 5) is 2.80. The van der Waals surface area contributed by atoms with Crippen LogP contribution in [0.1, 0.15) is 75.0 Å². The predicted molar refractivity (Wildman–Crippen MR) is 113 cm³/mol. The Labute approximate surface area is 170 Å². The van der Waals surface area contributed by atoms with Gasteiger partial charge in [0.25, 0.3) is 0 Å². The van der Waals surface area contributed by atoms with Crippen LogP contribution in [-0.4, -0.2) is 38.7 Å². The van der Waals surface area contributed by atoms with Crippen LogP contribution in [0.4, 0.5) is 0 Å². The minimum Gasteiger partial charge on any atom is -0.300 e. The smallest absolute Gasteiger partial charge is 0.209 e. The van der Waals surface area contributed by atoms with E-state index in [4.69, 9.17) is 0 Å². The molecule has 2 bridgehead atoms. The zero-order chi connectivity index (χ0) is 19.4. The third-order valence-electron chi connectivity index (χ3n) is 8.31. The summed E-state index contributed by atoms with van der Waals surface area (Å²) >= 11 is 0. The number of fused-ring (bicyclic) bond motifs is 4. The number of rotatable bonds is 3. The lowest BCUT2D eigenvalue weighted by molar-refractivity contribution is 0.0679. The summed E-state index contributed by atoms with van der Waals surface area (Å²) < 4.78 is 26.5. The van der Waals surface area contributed by atoms with Gasteiger partial charge in [0, 0.05) is 12.1 Å². The first kappa shape index (κ1) is 19.1. The lowest BCUT2D eigenvalue weighted by atomic mass is 9.63. The predicted octanol–water partition coefficient (Wildman–Crippen LogP) is 3.98. The minimum atomic E-state index is -3.19. The normalized spacial score (nSPS) is 35.0. The summed E-state index contributed by atoms with van der Waals surface area (Å²) in [6, 6.07) is 9.36. The summed E-state index contributed by atoms with van der Waals surface area (Å²) in [7, 11) is -3.19. The molecule has 4 nitrogen and oxygen atoms in total. The Morgan fingerprint density at radius 1 is 0.964 bits per heavy atom. The van der Waals surface area contributed by atoms with E-state index in [9.17, 15) is 8.42 Å². The highest BCUT2D eigenvalue weighted by Gasteiger charge is 2.44. The second-order valence-electron chi connectivity index (χ2n) is 10.1. The Bertz CT molecular complexity index is 817. The van der Waals surface area contributed by atoms with Crippen LogP contribution in [0.2, 0.25) is 0 Å². The van der Waals surface area contributed by atoms with Gasteiger partial charge in [-0.2, -0.15) is 0 Å². The molecule has 28 heavy (non-hydrogen) atoms. The van der Waals surface area contributed by atoms with Crippen LogP contribution in [-0.2, 0) is 15.4 Å². The highest BCUT2D eigenvalue weighted by atomic mass is 32.2. The Morgan fingerprint density at radius 2 is 1.64 bits per heavy atom. The zero-order valence-electron chi connectivity index (χ0n) is 17.1.